The predicted octanol–water partition coefficient (Wildman–Crippen LogP) is 4.27. The van der Waals surface area contributed by atoms with Crippen molar-refractivity contribution >= 4 is 5.91 Å². The number of aromatic nitrogens is 1. The second kappa shape index (κ2) is 8.62. The Balaban J connectivity index is 1.23. The quantitative estimate of drug-likeness (QED) is 0.673. The van der Waals surface area contributed by atoms with Crippen LogP contribution in [0.15, 0.2) is 36.5 Å². The molecule has 0 N–H and O–H groups in total. The zero-order valence-electron chi connectivity index (χ0n) is 18.7. The van der Waals surface area contributed by atoms with Crippen LogP contribution in [0.1, 0.15) is 65.8 Å². The summed E-state index contributed by atoms with van der Waals surface area (Å²) >= 11 is 0. The van der Waals surface area contributed by atoms with Crippen LogP contribution in [0.4, 0.5) is 0 Å². The van der Waals surface area contributed by atoms with Gasteiger partial charge in [-0.2, -0.15) is 0 Å². The van der Waals surface area contributed by atoms with Crippen LogP contribution in [-0.4, -0.2) is 53.5 Å². The van der Waals surface area contributed by atoms with Gasteiger partial charge in [0.15, 0.2) is 0 Å². The molecule has 5 nitrogen and oxygen atoms in total. The zero-order valence-corrected chi connectivity index (χ0v) is 18.7. The summed E-state index contributed by atoms with van der Waals surface area (Å²) in [5.74, 6) is 1.44. The second-order valence-electron chi connectivity index (χ2n) is 9.43. The molecule has 0 spiro atoms. The van der Waals surface area contributed by atoms with Crippen molar-refractivity contribution in [3.63, 3.8) is 0 Å². The van der Waals surface area contributed by atoms with Crippen LogP contribution in [0.25, 0.3) is 0 Å². The fourth-order valence-corrected chi connectivity index (χ4v) is 5.12. The molecule has 3 aliphatic rings. The van der Waals surface area contributed by atoms with Crippen molar-refractivity contribution in [1.29, 1.82) is 0 Å². The van der Waals surface area contributed by atoms with E-state index in [1.165, 1.54) is 48.9 Å². The third-order valence-electron chi connectivity index (χ3n) is 7.30. The number of carbonyl (C=O) groups is 1. The van der Waals surface area contributed by atoms with E-state index in [1.807, 2.05) is 18.0 Å². The molecule has 5 rings (SSSR count). The molecule has 1 unspecified atom stereocenters. The highest BCUT2D eigenvalue weighted by Gasteiger charge is 2.31. The lowest BCUT2D eigenvalue weighted by molar-refractivity contribution is 0.0731. The van der Waals surface area contributed by atoms with Crippen LogP contribution in [0.2, 0.25) is 0 Å². The molecule has 2 aliphatic carbocycles. The fraction of sp³-hybridized carbons (Fsp3) is 0.538. The van der Waals surface area contributed by atoms with Crippen molar-refractivity contribution in [1.82, 2.24) is 14.8 Å². The SMILES string of the molecule is CCN1CCC[C@@H]1c1ccc2c(c1)CC(N(C)C(=O)c1ccc(OCC3CC3)cn1)C2. The van der Waals surface area contributed by atoms with Gasteiger partial charge in [0.05, 0.1) is 12.8 Å². The zero-order chi connectivity index (χ0) is 21.4. The van der Waals surface area contributed by atoms with Gasteiger partial charge in [0.2, 0.25) is 0 Å². The van der Waals surface area contributed by atoms with Gasteiger partial charge in [0, 0.05) is 19.1 Å². The molecule has 5 heteroatoms. The highest BCUT2D eigenvalue weighted by atomic mass is 16.5. The van der Waals surface area contributed by atoms with Crippen LogP contribution < -0.4 is 4.74 Å². The topological polar surface area (TPSA) is 45.7 Å². The summed E-state index contributed by atoms with van der Waals surface area (Å²) in [7, 11) is 1.91. The highest BCUT2D eigenvalue weighted by molar-refractivity contribution is 5.92. The molecule has 1 aliphatic heterocycles. The van der Waals surface area contributed by atoms with Crippen molar-refractivity contribution in [2.24, 2.45) is 5.92 Å². The van der Waals surface area contributed by atoms with E-state index in [4.69, 9.17) is 4.74 Å². The van der Waals surface area contributed by atoms with Gasteiger partial charge in [0.1, 0.15) is 11.4 Å². The molecule has 0 radical (unpaired) electrons. The lowest BCUT2D eigenvalue weighted by Gasteiger charge is -2.24. The Kier molecular flexibility index (Phi) is 5.70. The van der Waals surface area contributed by atoms with Crippen molar-refractivity contribution in [3.8, 4) is 5.75 Å². The first kappa shape index (κ1) is 20.5. The number of fused-ring (bicyclic) bond motifs is 1. The molecule has 1 saturated carbocycles. The van der Waals surface area contributed by atoms with Gasteiger partial charge >= 0.3 is 0 Å². The highest BCUT2D eigenvalue weighted by Crippen LogP contribution is 2.35. The minimum Gasteiger partial charge on any atom is -0.492 e. The van der Waals surface area contributed by atoms with Crippen LogP contribution in [-0.2, 0) is 12.8 Å². The van der Waals surface area contributed by atoms with Crippen LogP contribution in [0.3, 0.4) is 0 Å². The molecule has 1 aromatic heterocycles. The van der Waals surface area contributed by atoms with Crippen LogP contribution in [0, 0.1) is 5.92 Å². The number of likely N-dealkylation sites (N-methyl/N-ethyl adjacent to an activating group) is 1. The first-order chi connectivity index (χ1) is 15.1. The first-order valence-electron chi connectivity index (χ1n) is 11.8. The Morgan fingerprint density at radius 1 is 1.16 bits per heavy atom. The molecule has 1 aromatic carbocycles. The number of rotatable bonds is 7. The van der Waals surface area contributed by atoms with Crippen molar-refractivity contribution < 1.29 is 9.53 Å². The lowest BCUT2D eigenvalue weighted by atomic mass is 9.99. The van der Waals surface area contributed by atoms with E-state index in [0.29, 0.717) is 17.7 Å². The van der Waals surface area contributed by atoms with Gasteiger partial charge in [-0.1, -0.05) is 25.1 Å². The van der Waals surface area contributed by atoms with E-state index >= 15 is 0 Å². The third kappa shape index (κ3) is 4.33. The van der Waals surface area contributed by atoms with Crippen molar-refractivity contribution in [2.75, 3.05) is 26.7 Å². The van der Waals surface area contributed by atoms with Gasteiger partial charge < -0.3 is 9.64 Å². The van der Waals surface area contributed by atoms with E-state index in [2.05, 4.69) is 35.0 Å². The van der Waals surface area contributed by atoms with Gasteiger partial charge in [0.25, 0.3) is 5.91 Å². The van der Waals surface area contributed by atoms with E-state index in [-0.39, 0.29) is 11.9 Å². The average molecular weight is 420 g/mol. The number of benzene rings is 1. The molecule has 2 atom stereocenters. The maximum Gasteiger partial charge on any atom is 0.272 e. The largest absolute Gasteiger partial charge is 0.492 e. The number of hydrogen-bond acceptors (Lipinski definition) is 4. The number of amides is 1. The minimum atomic E-state index is -0.0141. The number of hydrogen-bond donors (Lipinski definition) is 0. The Hall–Kier alpha value is -2.40. The van der Waals surface area contributed by atoms with E-state index in [0.717, 1.165) is 31.7 Å². The average Bonchev–Trinajstić information content (AvgIpc) is 3.33. The standard InChI is InChI=1S/C26H33N3O2/c1-3-29-12-4-5-25(29)20-9-8-19-14-22(15-21(19)13-20)28(2)26(30)24-11-10-23(16-27-24)31-17-18-6-7-18/h8-11,13,16,18,22,25H,3-7,12,14-15,17H2,1-2H3/t22?,25-/m1/s1. The Morgan fingerprint density at radius 3 is 2.74 bits per heavy atom. The summed E-state index contributed by atoms with van der Waals surface area (Å²) in [6.45, 7) is 5.32. The molecular weight excluding hydrogens is 386 g/mol. The van der Waals surface area contributed by atoms with E-state index < -0.39 is 0 Å². The van der Waals surface area contributed by atoms with Crippen molar-refractivity contribution in [2.45, 2.75) is 57.5 Å². The number of likely N-dealkylation sites (tertiary alicyclic amines) is 1. The van der Waals surface area contributed by atoms with Crippen LogP contribution >= 0.6 is 0 Å². The molecule has 2 aromatic rings. The molecule has 1 amide bonds. The van der Waals surface area contributed by atoms with Gasteiger partial charge in [-0.3, -0.25) is 9.69 Å². The van der Waals surface area contributed by atoms with E-state index in [9.17, 15) is 4.79 Å². The monoisotopic (exact) mass is 419 g/mol. The summed E-state index contributed by atoms with van der Waals surface area (Å²) in [4.78, 5) is 21.9. The number of ether oxygens (including phenoxy) is 1. The predicted molar refractivity (Wildman–Crippen MR) is 121 cm³/mol. The number of carbonyl (C=O) groups excluding carboxylic acids is 1. The van der Waals surface area contributed by atoms with E-state index in [1.54, 1.807) is 12.3 Å². The normalized spacial score (nSPS) is 23.0. The molecule has 2 heterocycles. The molecule has 2 fully saturated rings. The first-order valence-corrected chi connectivity index (χ1v) is 11.8. The Morgan fingerprint density at radius 2 is 2.00 bits per heavy atom. The minimum absolute atomic E-state index is 0.0141. The maximum atomic E-state index is 13.0. The molecule has 0 bridgehead atoms. The fourth-order valence-electron chi connectivity index (χ4n) is 5.12. The number of nitrogens with zero attached hydrogens (tertiary/aromatic N) is 3. The summed E-state index contributed by atoms with van der Waals surface area (Å²) in [5.41, 5.74) is 4.71. The summed E-state index contributed by atoms with van der Waals surface area (Å²) in [5, 5.41) is 0. The maximum absolute atomic E-state index is 13.0. The molecular formula is C26H33N3O2. The third-order valence-corrected chi connectivity index (χ3v) is 7.30. The van der Waals surface area contributed by atoms with Crippen molar-refractivity contribution in [3.05, 3.63) is 58.9 Å². The lowest BCUT2D eigenvalue weighted by Crippen LogP contribution is -2.38. The Bertz CT molecular complexity index is 938. The van der Waals surface area contributed by atoms with Gasteiger partial charge in [-0.15, -0.1) is 0 Å². The molecule has 1 saturated heterocycles. The number of pyridine rings is 1. The summed E-state index contributed by atoms with van der Waals surface area (Å²) in [6, 6.07) is 11.4. The molecule has 164 valence electrons. The van der Waals surface area contributed by atoms with Crippen LogP contribution in [0.5, 0.6) is 5.75 Å². The second-order valence-corrected chi connectivity index (χ2v) is 9.43. The van der Waals surface area contributed by atoms with Gasteiger partial charge in [-0.05, 0) is 86.4 Å². The summed E-state index contributed by atoms with van der Waals surface area (Å²) in [6.07, 6.45) is 8.58. The smallest absolute Gasteiger partial charge is 0.272 e. The Labute approximate surface area is 185 Å². The van der Waals surface area contributed by atoms with Gasteiger partial charge in [-0.25, -0.2) is 4.98 Å². The summed E-state index contributed by atoms with van der Waals surface area (Å²) < 4.78 is 5.75. The molecule has 31 heavy (non-hydrogen) atoms.